The van der Waals surface area contributed by atoms with Crippen molar-refractivity contribution in [2.45, 2.75) is 19.4 Å². The Hall–Kier alpha value is -1.39. The summed E-state index contributed by atoms with van der Waals surface area (Å²) < 4.78 is 5.35. The number of aldehydes is 1. The minimum Gasteiger partial charge on any atom is -0.496 e. The van der Waals surface area contributed by atoms with Crippen molar-refractivity contribution in [2.75, 3.05) is 26.8 Å². The van der Waals surface area contributed by atoms with Crippen molar-refractivity contribution in [3.05, 3.63) is 29.3 Å². The van der Waals surface area contributed by atoms with Gasteiger partial charge < -0.3 is 9.84 Å². The number of ether oxygens (including phenoxy) is 1. The molecule has 1 aliphatic rings. The number of carbonyl (C=O) groups excluding carboxylic acids is 1. The van der Waals surface area contributed by atoms with Gasteiger partial charge in [0.05, 0.1) is 7.11 Å². The number of likely N-dealkylation sites (tertiary alicyclic amines) is 1. The maximum atomic E-state index is 10.9. The second-order valence-electron chi connectivity index (χ2n) is 5.09. The van der Waals surface area contributed by atoms with Crippen LogP contribution < -0.4 is 4.74 Å². The standard InChI is InChI=1S/C15H21NO3/c1-19-15-3-2-13(11-18)8-14(15)9-16-6-4-12(10-17)5-7-16/h2-3,8,11-12,17H,4-7,9-10H2,1H3. The number of hydrogen-bond acceptors (Lipinski definition) is 4. The average Bonchev–Trinajstić information content (AvgIpc) is 2.48. The number of rotatable bonds is 5. The molecule has 1 N–H and O–H groups in total. The smallest absolute Gasteiger partial charge is 0.150 e. The van der Waals surface area contributed by atoms with Crippen LogP contribution in [0.2, 0.25) is 0 Å². The van der Waals surface area contributed by atoms with Crippen LogP contribution in [0.15, 0.2) is 18.2 Å². The summed E-state index contributed by atoms with van der Waals surface area (Å²) in [6.45, 7) is 3.06. The Morgan fingerprint density at radius 1 is 1.42 bits per heavy atom. The Morgan fingerprint density at radius 3 is 2.74 bits per heavy atom. The van der Waals surface area contributed by atoms with Gasteiger partial charge >= 0.3 is 0 Å². The highest BCUT2D eigenvalue weighted by Gasteiger charge is 2.19. The van der Waals surface area contributed by atoms with Crippen LogP contribution in [0.5, 0.6) is 5.75 Å². The highest BCUT2D eigenvalue weighted by molar-refractivity contribution is 5.75. The Balaban J connectivity index is 2.04. The van der Waals surface area contributed by atoms with Gasteiger partial charge in [-0.1, -0.05) is 0 Å². The molecule has 0 unspecified atom stereocenters. The molecule has 1 aliphatic heterocycles. The van der Waals surface area contributed by atoms with Gasteiger partial charge in [0.15, 0.2) is 0 Å². The van der Waals surface area contributed by atoms with Gasteiger partial charge in [0.1, 0.15) is 12.0 Å². The van der Waals surface area contributed by atoms with E-state index in [4.69, 9.17) is 9.84 Å². The zero-order valence-corrected chi connectivity index (χ0v) is 11.3. The van der Waals surface area contributed by atoms with Crippen molar-refractivity contribution in [2.24, 2.45) is 5.92 Å². The summed E-state index contributed by atoms with van der Waals surface area (Å²) in [5, 5.41) is 9.14. The van der Waals surface area contributed by atoms with Gasteiger partial charge in [-0.2, -0.15) is 0 Å². The van der Waals surface area contributed by atoms with Crippen LogP contribution in [-0.2, 0) is 6.54 Å². The highest BCUT2D eigenvalue weighted by Crippen LogP contribution is 2.24. The summed E-state index contributed by atoms with van der Waals surface area (Å²) in [5.41, 5.74) is 1.73. The second-order valence-corrected chi connectivity index (χ2v) is 5.09. The number of benzene rings is 1. The number of aliphatic hydroxyl groups is 1. The summed E-state index contributed by atoms with van der Waals surface area (Å²) >= 11 is 0. The summed E-state index contributed by atoms with van der Waals surface area (Å²) in [7, 11) is 1.65. The number of methoxy groups -OCH3 is 1. The summed E-state index contributed by atoms with van der Waals surface area (Å²) in [5.74, 6) is 1.27. The van der Waals surface area contributed by atoms with Crippen molar-refractivity contribution in [3.8, 4) is 5.75 Å². The third-order valence-electron chi connectivity index (χ3n) is 3.80. The van der Waals surface area contributed by atoms with E-state index in [0.717, 1.165) is 50.1 Å². The molecule has 0 aromatic heterocycles. The first-order valence-electron chi connectivity index (χ1n) is 6.72. The number of carbonyl (C=O) groups is 1. The Bertz CT molecular complexity index is 425. The van der Waals surface area contributed by atoms with Crippen molar-refractivity contribution < 1.29 is 14.6 Å². The van der Waals surface area contributed by atoms with E-state index in [2.05, 4.69) is 4.90 Å². The van der Waals surface area contributed by atoms with Gasteiger partial charge in [-0.25, -0.2) is 0 Å². The van der Waals surface area contributed by atoms with E-state index in [-0.39, 0.29) is 6.61 Å². The number of nitrogens with zero attached hydrogens (tertiary/aromatic N) is 1. The SMILES string of the molecule is COc1ccc(C=O)cc1CN1CCC(CO)CC1. The fraction of sp³-hybridized carbons (Fsp3) is 0.533. The van der Waals surface area contributed by atoms with Gasteiger partial charge in [0.2, 0.25) is 0 Å². The molecule has 1 heterocycles. The van der Waals surface area contributed by atoms with Gasteiger partial charge in [0.25, 0.3) is 0 Å². The minimum atomic E-state index is 0.289. The summed E-state index contributed by atoms with van der Waals surface area (Å²) in [4.78, 5) is 13.2. The van der Waals surface area contributed by atoms with Crippen molar-refractivity contribution in [1.82, 2.24) is 4.90 Å². The van der Waals surface area contributed by atoms with Crippen LogP contribution in [0, 0.1) is 5.92 Å². The van der Waals surface area contributed by atoms with Gasteiger partial charge in [-0.3, -0.25) is 9.69 Å². The largest absolute Gasteiger partial charge is 0.496 e. The lowest BCUT2D eigenvalue weighted by molar-refractivity contribution is 0.112. The third kappa shape index (κ3) is 3.55. The molecule has 0 aliphatic carbocycles. The molecule has 19 heavy (non-hydrogen) atoms. The van der Waals surface area contributed by atoms with Crippen molar-refractivity contribution in [1.29, 1.82) is 0 Å². The van der Waals surface area contributed by atoms with Gasteiger partial charge in [0, 0.05) is 24.3 Å². The first-order valence-corrected chi connectivity index (χ1v) is 6.72. The number of hydrogen-bond donors (Lipinski definition) is 1. The topological polar surface area (TPSA) is 49.8 Å². The molecule has 0 bridgehead atoms. The predicted molar refractivity (Wildman–Crippen MR) is 73.5 cm³/mol. The van der Waals surface area contributed by atoms with Gasteiger partial charge in [-0.15, -0.1) is 0 Å². The minimum absolute atomic E-state index is 0.289. The quantitative estimate of drug-likeness (QED) is 0.822. The molecule has 0 spiro atoms. The van der Waals surface area contributed by atoms with E-state index in [0.29, 0.717) is 11.5 Å². The Morgan fingerprint density at radius 2 is 2.16 bits per heavy atom. The summed E-state index contributed by atoms with van der Waals surface area (Å²) in [6, 6.07) is 5.51. The van der Waals surface area contributed by atoms with E-state index >= 15 is 0 Å². The molecule has 2 rings (SSSR count). The molecule has 4 heteroatoms. The summed E-state index contributed by atoms with van der Waals surface area (Å²) in [6.07, 6.45) is 2.93. The lowest BCUT2D eigenvalue weighted by Gasteiger charge is -2.31. The monoisotopic (exact) mass is 263 g/mol. The van der Waals surface area contributed by atoms with Crippen LogP contribution in [0.25, 0.3) is 0 Å². The van der Waals surface area contributed by atoms with Crippen LogP contribution in [0.4, 0.5) is 0 Å². The van der Waals surface area contributed by atoms with Crippen molar-refractivity contribution >= 4 is 6.29 Å². The molecular weight excluding hydrogens is 242 g/mol. The third-order valence-corrected chi connectivity index (χ3v) is 3.80. The maximum Gasteiger partial charge on any atom is 0.150 e. The molecule has 104 valence electrons. The average molecular weight is 263 g/mol. The first kappa shape index (κ1) is 14.0. The Labute approximate surface area is 114 Å². The Kier molecular flexibility index (Phi) is 4.93. The highest BCUT2D eigenvalue weighted by atomic mass is 16.5. The molecular formula is C15H21NO3. The van der Waals surface area contributed by atoms with Crippen molar-refractivity contribution in [3.63, 3.8) is 0 Å². The van der Waals surface area contributed by atoms with Crippen LogP contribution in [0.3, 0.4) is 0 Å². The molecule has 0 atom stereocenters. The zero-order valence-electron chi connectivity index (χ0n) is 11.3. The van der Waals surface area contributed by atoms with E-state index in [1.807, 2.05) is 12.1 Å². The lowest BCUT2D eigenvalue weighted by Crippen LogP contribution is -2.34. The number of aliphatic hydroxyl groups excluding tert-OH is 1. The molecule has 4 nitrogen and oxygen atoms in total. The van der Waals surface area contributed by atoms with E-state index < -0.39 is 0 Å². The molecule has 1 fully saturated rings. The molecule has 0 amide bonds. The normalized spacial score (nSPS) is 17.4. The van der Waals surface area contributed by atoms with Crippen LogP contribution in [-0.4, -0.2) is 43.1 Å². The zero-order chi connectivity index (χ0) is 13.7. The van der Waals surface area contributed by atoms with E-state index in [1.54, 1.807) is 13.2 Å². The lowest BCUT2D eigenvalue weighted by atomic mass is 9.97. The van der Waals surface area contributed by atoms with Gasteiger partial charge in [-0.05, 0) is 50.0 Å². The second kappa shape index (κ2) is 6.68. The number of piperidine rings is 1. The molecule has 0 radical (unpaired) electrons. The van der Waals surface area contributed by atoms with E-state index in [1.165, 1.54) is 0 Å². The molecule has 1 saturated heterocycles. The van der Waals surface area contributed by atoms with Crippen LogP contribution >= 0.6 is 0 Å². The molecule has 0 saturated carbocycles. The molecule has 1 aromatic carbocycles. The van der Waals surface area contributed by atoms with E-state index in [9.17, 15) is 4.79 Å². The molecule has 1 aromatic rings. The predicted octanol–water partition coefficient (Wildman–Crippen LogP) is 1.71. The van der Waals surface area contributed by atoms with Crippen LogP contribution in [0.1, 0.15) is 28.8 Å². The fourth-order valence-electron chi connectivity index (χ4n) is 2.56. The first-order chi connectivity index (χ1) is 9.26. The maximum absolute atomic E-state index is 10.9. The fourth-order valence-corrected chi connectivity index (χ4v) is 2.56.